The fraction of sp³-hybridized carbons (Fsp3) is 0.478. The first-order valence-corrected chi connectivity index (χ1v) is 11.0. The monoisotopic (exact) mass is 422 g/mol. The molecular weight excluding hydrogens is 392 g/mol. The van der Waals surface area contributed by atoms with Crippen LogP contribution in [0.25, 0.3) is 5.78 Å². The summed E-state index contributed by atoms with van der Waals surface area (Å²) in [6.45, 7) is 10.1. The number of aromatic nitrogens is 4. The highest BCUT2D eigenvalue weighted by Gasteiger charge is 2.26. The van der Waals surface area contributed by atoms with Crippen LogP contribution >= 0.6 is 0 Å². The summed E-state index contributed by atoms with van der Waals surface area (Å²) in [5.74, 6) is 1.40. The first-order valence-electron chi connectivity index (χ1n) is 11.0. The molecule has 2 aromatic heterocycles. The molecular formula is C23H30N6O2. The SMILES string of the molecule is CCOC(=O)CCc1c(C)nc2ncnn2c1N1CCN(C(C)c2ccccc2)CC1. The molecule has 0 amide bonds. The van der Waals surface area contributed by atoms with Crippen LogP contribution in [0.2, 0.25) is 0 Å². The van der Waals surface area contributed by atoms with Gasteiger partial charge in [0, 0.05) is 49.9 Å². The van der Waals surface area contributed by atoms with Crippen LogP contribution in [0.3, 0.4) is 0 Å². The van der Waals surface area contributed by atoms with E-state index in [2.05, 4.69) is 62.1 Å². The van der Waals surface area contributed by atoms with Gasteiger partial charge in [0.15, 0.2) is 0 Å². The summed E-state index contributed by atoms with van der Waals surface area (Å²) < 4.78 is 6.94. The van der Waals surface area contributed by atoms with Crippen molar-refractivity contribution >= 4 is 17.6 Å². The van der Waals surface area contributed by atoms with E-state index < -0.39 is 0 Å². The number of nitrogens with zero attached hydrogens (tertiary/aromatic N) is 6. The largest absolute Gasteiger partial charge is 0.466 e. The number of aryl methyl sites for hydroxylation is 1. The van der Waals surface area contributed by atoms with E-state index in [4.69, 9.17) is 4.74 Å². The third-order valence-electron chi connectivity index (χ3n) is 6.03. The second kappa shape index (κ2) is 9.43. The fourth-order valence-corrected chi connectivity index (χ4v) is 4.31. The molecule has 1 unspecified atom stereocenters. The third-order valence-corrected chi connectivity index (χ3v) is 6.03. The zero-order valence-corrected chi connectivity index (χ0v) is 18.5. The lowest BCUT2D eigenvalue weighted by Gasteiger charge is -2.39. The lowest BCUT2D eigenvalue weighted by Crippen LogP contribution is -2.48. The number of fused-ring (bicyclic) bond motifs is 1. The van der Waals surface area contributed by atoms with Crippen molar-refractivity contribution in [2.45, 2.75) is 39.7 Å². The van der Waals surface area contributed by atoms with Crippen molar-refractivity contribution in [2.24, 2.45) is 0 Å². The van der Waals surface area contributed by atoms with Crippen LogP contribution in [-0.2, 0) is 16.0 Å². The summed E-state index contributed by atoms with van der Waals surface area (Å²) in [5, 5.41) is 4.43. The van der Waals surface area contributed by atoms with Gasteiger partial charge in [0.05, 0.1) is 6.61 Å². The number of benzene rings is 1. The number of carbonyl (C=O) groups is 1. The van der Waals surface area contributed by atoms with E-state index >= 15 is 0 Å². The Morgan fingerprint density at radius 2 is 1.90 bits per heavy atom. The van der Waals surface area contributed by atoms with Crippen LogP contribution in [-0.4, -0.2) is 63.2 Å². The van der Waals surface area contributed by atoms with Crippen LogP contribution in [0, 0.1) is 6.92 Å². The Morgan fingerprint density at radius 1 is 1.16 bits per heavy atom. The van der Waals surface area contributed by atoms with Gasteiger partial charge in [0.2, 0.25) is 0 Å². The molecule has 0 bridgehead atoms. The normalized spacial score (nSPS) is 15.9. The van der Waals surface area contributed by atoms with E-state index in [0.717, 1.165) is 43.3 Å². The van der Waals surface area contributed by atoms with Crippen molar-refractivity contribution in [3.63, 3.8) is 0 Å². The fourth-order valence-electron chi connectivity index (χ4n) is 4.31. The standard InChI is InChI=1S/C23H30N6O2/c1-4-31-21(30)11-10-20-17(2)26-23-24-16-25-29(23)22(20)28-14-12-27(13-15-28)18(3)19-8-6-5-7-9-19/h5-9,16,18H,4,10-15H2,1-3H3. The van der Waals surface area contributed by atoms with Gasteiger partial charge in [-0.3, -0.25) is 9.69 Å². The summed E-state index contributed by atoms with van der Waals surface area (Å²) in [6.07, 6.45) is 2.44. The van der Waals surface area contributed by atoms with Gasteiger partial charge in [-0.25, -0.2) is 4.98 Å². The highest BCUT2D eigenvalue weighted by molar-refractivity contribution is 5.70. The van der Waals surface area contributed by atoms with Crippen molar-refractivity contribution in [3.05, 3.63) is 53.5 Å². The zero-order chi connectivity index (χ0) is 21.8. The zero-order valence-electron chi connectivity index (χ0n) is 18.5. The lowest BCUT2D eigenvalue weighted by molar-refractivity contribution is -0.143. The first-order chi connectivity index (χ1) is 15.1. The number of hydrogen-bond acceptors (Lipinski definition) is 7. The number of piperazine rings is 1. The van der Waals surface area contributed by atoms with E-state index in [1.54, 1.807) is 0 Å². The van der Waals surface area contributed by atoms with Crippen LogP contribution in [0.4, 0.5) is 5.82 Å². The molecule has 1 aliphatic heterocycles. The molecule has 1 aliphatic rings. The minimum Gasteiger partial charge on any atom is -0.466 e. The average Bonchev–Trinajstić information content (AvgIpc) is 3.25. The van der Waals surface area contributed by atoms with E-state index in [9.17, 15) is 4.79 Å². The first kappa shape index (κ1) is 21.2. The summed E-state index contributed by atoms with van der Waals surface area (Å²) in [5.41, 5.74) is 3.26. The number of carbonyl (C=O) groups excluding carboxylic acids is 1. The molecule has 0 aliphatic carbocycles. The van der Waals surface area contributed by atoms with Gasteiger partial charge in [-0.15, -0.1) is 0 Å². The van der Waals surface area contributed by atoms with Crippen LogP contribution in [0.1, 0.15) is 43.1 Å². The maximum absolute atomic E-state index is 12.0. The second-order valence-electron chi connectivity index (χ2n) is 7.89. The summed E-state index contributed by atoms with van der Waals surface area (Å²) in [6, 6.07) is 11.0. The van der Waals surface area contributed by atoms with E-state index in [1.807, 2.05) is 18.4 Å². The quantitative estimate of drug-likeness (QED) is 0.542. The number of ether oxygens (including phenoxy) is 1. The Morgan fingerprint density at radius 3 is 2.61 bits per heavy atom. The van der Waals surface area contributed by atoms with Crippen molar-refractivity contribution in [1.29, 1.82) is 0 Å². The maximum atomic E-state index is 12.0. The highest BCUT2D eigenvalue weighted by atomic mass is 16.5. The Hall–Kier alpha value is -3.00. The van der Waals surface area contributed by atoms with Gasteiger partial charge in [-0.2, -0.15) is 14.6 Å². The molecule has 3 aromatic rings. The van der Waals surface area contributed by atoms with Crippen LogP contribution in [0.15, 0.2) is 36.7 Å². The molecule has 31 heavy (non-hydrogen) atoms. The Kier molecular flexibility index (Phi) is 6.46. The molecule has 1 aromatic carbocycles. The predicted octanol–water partition coefficient (Wildman–Crippen LogP) is 2.81. The van der Waals surface area contributed by atoms with Crippen molar-refractivity contribution in [1.82, 2.24) is 24.5 Å². The summed E-state index contributed by atoms with van der Waals surface area (Å²) >= 11 is 0. The average molecular weight is 423 g/mol. The molecule has 8 heteroatoms. The van der Waals surface area contributed by atoms with Crippen molar-refractivity contribution < 1.29 is 9.53 Å². The van der Waals surface area contributed by atoms with E-state index in [1.165, 1.54) is 11.9 Å². The number of rotatable bonds is 7. The number of hydrogen-bond donors (Lipinski definition) is 0. The molecule has 0 radical (unpaired) electrons. The Bertz CT molecular complexity index is 1030. The number of esters is 1. The van der Waals surface area contributed by atoms with Crippen LogP contribution in [0.5, 0.6) is 0 Å². The van der Waals surface area contributed by atoms with Gasteiger partial charge in [-0.1, -0.05) is 30.3 Å². The predicted molar refractivity (Wildman–Crippen MR) is 119 cm³/mol. The molecule has 0 saturated carbocycles. The highest BCUT2D eigenvalue weighted by Crippen LogP contribution is 2.28. The third kappa shape index (κ3) is 4.54. The smallest absolute Gasteiger partial charge is 0.306 e. The molecule has 1 fully saturated rings. The number of anilines is 1. The topological polar surface area (TPSA) is 75.9 Å². The molecule has 1 atom stereocenters. The molecule has 0 N–H and O–H groups in total. The van der Waals surface area contributed by atoms with Gasteiger partial charge < -0.3 is 9.64 Å². The molecule has 3 heterocycles. The Labute approximate surface area is 182 Å². The van der Waals surface area contributed by atoms with Crippen molar-refractivity contribution in [3.8, 4) is 0 Å². The second-order valence-corrected chi connectivity index (χ2v) is 7.89. The van der Waals surface area contributed by atoms with Gasteiger partial charge in [0.1, 0.15) is 12.1 Å². The minimum atomic E-state index is -0.187. The van der Waals surface area contributed by atoms with Crippen LogP contribution < -0.4 is 4.90 Å². The van der Waals surface area contributed by atoms with Crippen molar-refractivity contribution in [2.75, 3.05) is 37.7 Å². The van der Waals surface area contributed by atoms with Gasteiger partial charge in [-0.05, 0) is 32.8 Å². The van der Waals surface area contributed by atoms with Gasteiger partial charge >= 0.3 is 5.97 Å². The maximum Gasteiger partial charge on any atom is 0.306 e. The molecule has 164 valence electrons. The van der Waals surface area contributed by atoms with E-state index in [-0.39, 0.29) is 5.97 Å². The molecule has 8 nitrogen and oxygen atoms in total. The molecule has 1 saturated heterocycles. The summed E-state index contributed by atoms with van der Waals surface area (Å²) in [7, 11) is 0. The summed E-state index contributed by atoms with van der Waals surface area (Å²) in [4.78, 5) is 25.7. The Balaban J connectivity index is 1.55. The molecule has 0 spiro atoms. The minimum absolute atomic E-state index is 0.187. The van der Waals surface area contributed by atoms with E-state index in [0.29, 0.717) is 31.3 Å². The molecule has 4 rings (SSSR count). The van der Waals surface area contributed by atoms with Gasteiger partial charge in [0.25, 0.3) is 5.78 Å². The lowest BCUT2D eigenvalue weighted by atomic mass is 10.1.